The zero-order valence-electron chi connectivity index (χ0n) is 9.34. The zero-order valence-corrected chi connectivity index (χ0v) is 9.34. The Bertz CT molecular complexity index is 633. The van der Waals surface area contributed by atoms with E-state index in [0.29, 0.717) is 11.4 Å². The lowest BCUT2D eigenvalue weighted by Crippen LogP contribution is -2.18. The molecular weight excluding hydrogens is 224 g/mol. The Labute approximate surface area is 96.4 Å². The Morgan fingerprint density at radius 2 is 2.12 bits per heavy atom. The number of nitrogens with zero attached hydrogens (tertiary/aromatic N) is 2. The average Bonchev–Trinajstić information content (AvgIpc) is 2.36. The van der Waals surface area contributed by atoms with Crippen LogP contribution in [0, 0.1) is 0 Å². The lowest BCUT2D eigenvalue weighted by atomic mass is 10.3. The minimum Gasteiger partial charge on any atom is -0.497 e. The molecule has 0 aromatic carbocycles. The molecule has 0 unspecified atom stereocenters. The molecule has 88 valence electrons. The summed E-state index contributed by atoms with van der Waals surface area (Å²) in [6.07, 6.45) is 1.53. The Kier molecular flexibility index (Phi) is 2.78. The maximum absolute atomic E-state index is 11.7. The Hall–Kier alpha value is -2.37. The van der Waals surface area contributed by atoms with Crippen molar-refractivity contribution >= 4 is 11.6 Å². The van der Waals surface area contributed by atoms with Gasteiger partial charge in [-0.15, -0.1) is 0 Å². The van der Waals surface area contributed by atoms with Gasteiger partial charge in [0.15, 0.2) is 5.69 Å². The number of esters is 1. The first-order valence-electron chi connectivity index (χ1n) is 4.81. The number of carbonyl (C=O) groups is 1. The Balaban J connectivity index is 2.70. The molecule has 0 radical (unpaired) electrons. The molecule has 0 fully saturated rings. The van der Waals surface area contributed by atoms with Gasteiger partial charge in [0.2, 0.25) is 0 Å². The fourth-order valence-corrected chi connectivity index (χ4v) is 1.42. The van der Waals surface area contributed by atoms with Gasteiger partial charge in [-0.2, -0.15) is 0 Å². The van der Waals surface area contributed by atoms with Crippen LogP contribution in [0.3, 0.4) is 0 Å². The van der Waals surface area contributed by atoms with Gasteiger partial charge in [0.1, 0.15) is 11.4 Å². The van der Waals surface area contributed by atoms with E-state index in [-0.39, 0.29) is 11.3 Å². The van der Waals surface area contributed by atoms with Crippen molar-refractivity contribution in [1.82, 2.24) is 9.38 Å². The van der Waals surface area contributed by atoms with Crippen LogP contribution in [0.2, 0.25) is 0 Å². The highest BCUT2D eigenvalue weighted by molar-refractivity contribution is 5.87. The van der Waals surface area contributed by atoms with Gasteiger partial charge in [-0.05, 0) is 6.07 Å². The standard InChI is InChI=1S/C11H10N2O4/c1-16-7-3-4-13-9(5-7)12-8(6-10(13)14)11(15)17-2/h3-6H,1-2H3. The van der Waals surface area contributed by atoms with Crippen LogP contribution >= 0.6 is 0 Å². The van der Waals surface area contributed by atoms with E-state index < -0.39 is 5.97 Å². The largest absolute Gasteiger partial charge is 0.497 e. The van der Waals surface area contributed by atoms with E-state index in [9.17, 15) is 9.59 Å². The molecule has 0 N–H and O–H groups in total. The number of rotatable bonds is 2. The molecule has 0 aliphatic heterocycles. The second kappa shape index (κ2) is 4.25. The fraction of sp³-hybridized carbons (Fsp3) is 0.182. The fourth-order valence-electron chi connectivity index (χ4n) is 1.42. The highest BCUT2D eigenvalue weighted by Crippen LogP contribution is 2.11. The molecule has 6 heteroatoms. The Morgan fingerprint density at radius 1 is 1.35 bits per heavy atom. The van der Waals surface area contributed by atoms with E-state index in [1.807, 2.05) is 0 Å². The molecule has 2 aromatic heterocycles. The maximum atomic E-state index is 11.7. The van der Waals surface area contributed by atoms with Gasteiger partial charge in [-0.3, -0.25) is 9.20 Å². The normalized spacial score (nSPS) is 10.2. The van der Waals surface area contributed by atoms with Crippen LogP contribution in [-0.4, -0.2) is 29.6 Å². The van der Waals surface area contributed by atoms with Crippen LogP contribution < -0.4 is 10.3 Å². The second-order valence-electron chi connectivity index (χ2n) is 3.27. The molecule has 0 bridgehead atoms. The van der Waals surface area contributed by atoms with E-state index in [1.165, 1.54) is 24.8 Å². The molecule has 0 saturated heterocycles. The zero-order chi connectivity index (χ0) is 12.4. The number of ether oxygens (including phenoxy) is 2. The van der Waals surface area contributed by atoms with Gasteiger partial charge in [0.05, 0.1) is 14.2 Å². The highest BCUT2D eigenvalue weighted by atomic mass is 16.5. The minimum atomic E-state index is -0.646. The van der Waals surface area contributed by atoms with Crippen molar-refractivity contribution < 1.29 is 14.3 Å². The molecule has 2 rings (SSSR count). The molecule has 0 atom stereocenters. The summed E-state index contributed by atoms with van der Waals surface area (Å²) < 4.78 is 10.8. The smallest absolute Gasteiger partial charge is 0.356 e. The van der Waals surface area contributed by atoms with Gasteiger partial charge >= 0.3 is 5.97 Å². The average molecular weight is 234 g/mol. The summed E-state index contributed by atoms with van der Waals surface area (Å²) >= 11 is 0. The van der Waals surface area contributed by atoms with Crippen LogP contribution in [0.15, 0.2) is 29.2 Å². The molecule has 0 spiro atoms. The van der Waals surface area contributed by atoms with E-state index >= 15 is 0 Å². The van der Waals surface area contributed by atoms with Gasteiger partial charge < -0.3 is 9.47 Å². The minimum absolute atomic E-state index is 0.0225. The van der Waals surface area contributed by atoms with Gasteiger partial charge in [0, 0.05) is 18.3 Å². The first-order valence-corrected chi connectivity index (χ1v) is 4.81. The second-order valence-corrected chi connectivity index (χ2v) is 3.27. The first-order chi connectivity index (χ1) is 8.15. The van der Waals surface area contributed by atoms with Crippen molar-refractivity contribution in [2.45, 2.75) is 0 Å². The van der Waals surface area contributed by atoms with Gasteiger partial charge in [-0.1, -0.05) is 0 Å². The van der Waals surface area contributed by atoms with Gasteiger partial charge in [-0.25, -0.2) is 9.78 Å². The lowest BCUT2D eigenvalue weighted by Gasteiger charge is -2.04. The number of carbonyl (C=O) groups excluding carboxylic acids is 1. The topological polar surface area (TPSA) is 69.9 Å². The monoisotopic (exact) mass is 234 g/mol. The lowest BCUT2D eigenvalue weighted by molar-refractivity contribution is 0.0594. The summed E-state index contributed by atoms with van der Waals surface area (Å²) in [6, 6.07) is 4.33. The van der Waals surface area contributed by atoms with E-state index in [4.69, 9.17) is 4.74 Å². The van der Waals surface area contributed by atoms with Crippen molar-refractivity contribution in [1.29, 1.82) is 0 Å². The number of methoxy groups -OCH3 is 2. The highest BCUT2D eigenvalue weighted by Gasteiger charge is 2.10. The van der Waals surface area contributed by atoms with Crippen LogP contribution in [0.25, 0.3) is 5.65 Å². The van der Waals surface area contributed by atoms with Crippen LogP contribution in [0.1, 0.15) is 10.5 Å². The van der Waals surface area contributed by atoms with Crippen molar-refractivity contribution in [3.8, 4) is 5.75 Å². The third-order valence-corrected chi connectivity index (χ3v) is 2.27. The van der Waals surface area contributed by atoms with Crippen LogP contribution in [-0.2, 0) is 4.74 Å². The van der Waals surface area contributed by atoms with E-state index in [1.54, 1.807) is 12.1 Å². The third-order valence-electron chi connectivity index (χ3n) is 2.27. The molecule has 2 aromatic rings. The molecular formula is C11H10N2O4. The van der Waals surface area contributed by atoms with E-state index in [0.717, 1.165) is 6.07 Å². The molecule has 2 heterocycles. The summed E-state index contributed by atoms with van der Waals surface area (Å²) in [7, 11) is 2.74. The number of aromatic nitrogens is 2. The molecule has 17 heavy (non-hydrogen) atoms. The summed E-state index contributed by atoms with van der Waals surface area (Å²) in [6.45, 7) is 0. The van der Waals surface area contributed by atoms with Crippen molar-refractivity contribution in [3.05, 3.63) is 40.4 Å². The number of pyridine rings is 1. The number of fused-ring (bicyclic) bond motifs is 1. The molecule has 6 nitrogen and oxygen atoms in total. The van der Waals surface area contributed by atoms with Crippen molar-refractivity contribution in [3.63, 3.8) is 0 Å². The van der Waals surface area contributed by atoms with Crippen molar-refractivity contribution in [2.24, 2.45) is 0 Å². The molecule has 0 aliphatic rings. The third kappa shape index (κ3) is 1.96. The van der Waals surface area contributed by atoms with Gasteiger partial charge in [0.25, 0.3) is 5.56 Å². The molecule has 0 saturated carbocycles. The first kappa shape index (κ1) is 11.1. The number of hydrogen-bond donors (Lipinski definition) is 0. The SMILES string of the molecule is COC(=O)c1cc(=O)n2ccc(OC)cc2n1. The molecule has 0 amide bonds. The summed E-state index contributed by atoms with van der Waals surface area (Å²) in [5.74, 6) is -0.0914. The summed E-state index contributed by atoms with van der Waals surface area (Å²) in [4.78, 5) is 27.0. The maximum Gasteiger partial charge on any atom is 0.356 e. The predicted molar refractivity (Wildman–Crippen MR) is 59.4 cm³/mol. The van der Waals surface area contributed by atoms with Crippen LogP contribution in [0.5, 0.6) is 5.75 Å². The number of hydrogen-bond acceptors (Lipinski definition) is 5. The molecule has 0 aliphatic carbocycles. The quantitative estimate of drug-likeness (QED) is 0.707. The summed E-state index contributed by atoms with van der Waals surface area (Å²) in [5.41, 5.74) is -0.0407. The summed E-state index contributed by atoms with van der Waals surface area (Å²) in [5, 5.41) is 0. The Morgan fingerprint density at radius 3 is 2.76 bits per heavy atom. The van der Waals surface area contributed by atoms with Crippen molar-refractivity contribution in [2.75, 3.05) is 14.2 Å². The predicted octanol–water partition coefficient (Wildman–Crippen LogP) is 0.490. The van der Waals surface area contributed by atoms with E-state index in [2.05, 4.69) is 9.72 Å². The van der Waals surface area contributed by atoms with Crippen LogP contribution in [0.4, 0.5) is 0 Å².